The van der Waals surface area contributed by atoms with Crippen molar-refractivity contribution in [1.82, 2.24) is 0 Å². The number of aromatic carboxylic acids is 1. The van der Waals surface area contributed by atoms with Gasteiger partial charge in [0.05, 0.1) is 10.5 Å². The summed E-state index contributed by atoms with van der Waals surface area (Å²) >= 11 is 1.19. The van der Waals surface area contributed by atoms with Crippen molar-refractivity contribution in [1.29, 1.82) is 5.26 Å². The van der Waals surface area contributed by atoms with E-state index in [4.69, 9.17) is 10.4 Å². The van der Waals surface area contributed by atoms with E-state index in [1.807, 2.05) is 0 Å². The number of carboxylic acid groups (broad SMARTS) is 1. The lowest BCUT2D eigenvalue weighted by Crippen LogP contribution is -1.95. The maximum absolute atomic E-state index is 10.9. The molecule has 104 valence electrons. The van der Waals surface area contributed by atoms with Gasteiger partial charge < -0.3 is 5.11 Å². The van der Waals surface area contributed by atoms with Gasteiger partial charge in [-0.1, -0.05) is 17.8 Å². The fourth-order valence-electron chi connectivity index (χ4n) is 1.65. The largest absolute Gasteiger partial charge is 0.478 e. The van der Waals surface area contributed by atoms with Gasteiger partial charge >= 0.3 is 5.97 Å². The van der Waals surface area contributed by atoms with E-state index >= 15 is 0 Å². The molecule has 2 rings (SSSR count). The molecule has 0 atom stereocenters. The number of hydrogen-bond donors (Lipinski definition) is 1. The Morgan fingerprint density at radius 3 is 2.57 bits per heavy atom. The third kappa shape index (κ3) is 3.38. The van der Waals surface area contributed by atoms with E-state index in [1.54, 1.807) is 24.3 Å². The number of carbonyl (C=O) groups is 1. The Balaban J connectivity index is 2.34. The smallest absolute Gasteiger partial charge is 0.335 e. The summed E-state index contributed by atoms with van der Waals surface area (Å²) in [5.41, 5.74) is -0.135. The topological polar surface area (TPSA) is 104 Å². The van der Waals surface area contributed by atoms with Crippen LogP contribution in [0.5, 0.6) is 0 Å². The SMILES string of the molecule is N#Cc1ccc(Sc2cccc(C(=O)O)c2)cc1[N+](=O)[O-]. The zero-order chi connectivity index (χ0) is 15.4. The van der Waals surface area contributed by atoms with Gasteiger partial charge in [-0.3, -0.25) is 10.1 Å². The van der Waals surface area contributed by atoms with Crippen LogP contribution >= 0.6 is 11.8 Å². The lowest BCUT2D eigenvalue weighted by molar-refractivity contribution is -0.385. The molecule has 0 aromatic heterocycles. The molecule has 0 radical (unpaired) electrons. The maximum atomic E-state index is 10.9. The first-order chi connectivity index (χ1) is 10.0. The van der Waals surface area contributed by atoms with Crippen LogP contribution in [0.4, 0.5) is 5.69 Å². The molecule has 0 spiro atoms. The third-order valence-electron chi connectivity index (χ3n) is 2.60. The molecule has 1 N–H and O–H groups in total. The molecule has 0 saturated heterocycles. The molecule has 2 aromatic carbocycles. The van der Waals surface area contributed by atoms with Crippen LogP contribution in [-0.2, 0) is 0 Å². The highest BCUT2D eigenvalue weighted by atomic mass is 32.2. The summed E-state index contributed by atoms with van der Waals surface area (Å²) in [6.45, 7) is 0. The molecule has 0 heterocycles. The van der Waals surface area contributed by atoms with Gasteiger partial charge in [-0.25, -0.2) is 4.79 Å². The second-order valence-electron chi connectivity index (χ2n) is 3.98. The molecule has 0 aliphatic rings. The van der Waals surface area contributed by atoms with Crippen LogP contribution in [0.3, 0.4) is 0 Å². The second-order valence-corrected chi connectivity index (χ2v) is 5.13. The Morgan fingerprint density at radius 2 is 1.95 bits per heavy atom. The minimum Gasteiger partial charge on any atom is -0.478 e. The van der Waals surface area contributed by atoms with E-state index in [2.05, 4.69) is 0 Å². The van der Waals surface area contributed by atoms with Gasteiger partial charge in [0.2, 0.25) is 0 Å². The van der Waals surface area contributed by atoms with Crippen LogP contribution in [0.1, 0.15) is 15.9 Å². The van der Waals surface area contributed by atoms with Crippen molar-refractivity contribution in [3.63, 3.8) is 0 Å². The van der Waals surface area contributed by atoms with E-state index in [0.29, 0.717) is 9.79 Å². The van der Waals surface area contributed by atoms with Gasteiger partial charge in [0.25, 0.3) is 5.69 Å². The molecule has 0 aliphatic carbocycles. The van der Waals surface area contributed by atoms with Crippen molar-refractivity contribution >= 4 is 23.4 Å². The summed E-state index contributed by atoms with van der Waals surface area (Å²) in [6, 6.07) is 12.3. The first-order valence-electron chi connectivity index (χ1n) is 5.71. The van der Waals surface area contributed by atoms with Gasteiger partial charge in [0.15, 0.2) is 0 Å². The predicted octanol–water partition coefficient (Wildman–Crippen LogP) is 3.32. The lowest BCUT2D eigenvalue weighted by atomic mass is 10.2. The zero-order valence-corrected chi connectivity index (χ0v) is 11.3. The number of benzene rings is 2. The van der Waals surface area contributed by atoms with Crippen molar-refractivity contribution in [3.05, 3.63) is 63.7 Å². The molecule has 7 heteroatoms. The van der Waals surface area contributed by atoms with Crippen molar-refractivity contribution in [3.8, 4) is 6.07 Å². The molecule has 2 aromatic rings. The number of nitrogens with zero attached hydrogens (tertiary/aromatic N) is 2. The molecular weight excluding hydrogens is 292 g/mol. The number of carboxylic acids is 1. The minimum absolute atomic E-state index is 0.0105. The van der Waals surface area contributed by atoms with Crippen LogP contribution < -0.4 is 0 Å². The molecule has 0 amide bonds. The van der Waals surface area contributed by atoms with Gasteiger partial charge in [0.1, 0.15) is 11.6 Å². The van der Waals surface area contributed by atoms with Gasteiger partial charge in [0, 0.05) is 15.9 Å². The highest BCUT2D eigenvalue weighted by Gasteiger charge is 2.15. The Labute approximate surface area is 123 Å². The van der Waals surface area contributed by atoms with Crippen LogP contribution in [0.15, 0.2) is 52.3 Å². The Hall–Kier alpha value is -2.85. The monoisotopic (exact) mass is 300 g/mol. The molecule has 0 bridgehead atoms. The fraction of sp³-hybridized carbons (Fsp3) is 0. The van der Waals surface area contributed by atoms with Gasteiger partial charge in [-0.2, -0.15) is 5.26 Å². The van der Waals surface area contributed by atoms with Crippen LogP contribution in [0.25, 0.3) is 0 Å². The predicted molar refractivity (Wildman–Crippen MR) is 75.3 cm³/mol. The molecule has 0 saturated carbocycles. The van der Waals surface area contributed by atoms with E-state index in [0.717, 1.165) is 0 Å². The maximum Gasteiger partial charge on any atom is 0.335 e. The number of rotatable bonds is 4. The summed E-state index contributed by atoms with van der Waals surface area (Å²) in [7, 11) is 0. The van der Waals surface area contributed by atoms with E-state index in [1.165, 1.54) is 36.0 Å². The molecule has 0 fully saturated rings. The highest BCUT2D eigenvalue weighted by molar-refractivity contribution is 7.99. The Kier molecular flexibility index (Phi) is 4.21. The highest BCUT2D eigenvalue weighted by Crippen LogP contribution is 2.32. The van der Waals surface area contributed by atoms with Crippen molar-refractivity contribution in [2.24, 2.45) is 0 Å². The Morgan fingerprint density at radius 1 is 1.24 bits per heavy atom. The first-order valence-corrected chi connectivity index (χ1v) is 6.52. The van der Waals surface area contributed by atoms with Crippen molar-refractivity contribution in [2.45, 2.75) is 9.79 Å². The van der Waals surface area contributed by atoms with E-state index in [-0.39, 0.29) is 16.8 Å². The zero-order valence-electron chi connectivity index (χ0n) is 10.5. The van der Waals surface area contributed by atoms with Gasteiger partial charge in [-0.15, -0.1) is 0 Å². The van der Waals surface area contributed by atoms with Crippen LogP contribution in [0, 0.1) is 21.4 Å². The van der Waals surface area contributed by atoms with E-state index < -0.39 is 10.9 Å². The number of nitro groups is 1. The molecule has 6 nitrogen and oxygen atoms in total. The first kappa shape index (κ1) is 14.6. The average Bonchev–Trinajstić information content (AvgIpc) is 2.47. The average molecular weight is 300 g/mol. The van der Waals surface area contributed by atoms with Crippen molar-refractivity contribution < 1.29 is 14.8 Å². The second kappa shape index (κ2) is 6.07. The summed E-state index contributed by atoms with van der Waals surface area (Å²) in [6.07, 6.45) is 0. The standard InChI is InChI=1S/C14H8N2O4S/c15-8-10-4-5-12(7-13(10)16(19)20)21-11-3-1-2-9(6-11)14(17)18/h1-7H,(H,17,18). The third-order valence-corrected chi connectivity index (χ3v) is 3.58. The molecule has 21 heavy (non-hydrogen) atoms. The summed E-state index contributed by atoms with van der Waals surface area (Å²) in [5.74, 6) is -1.04. The quantitative estimate of drug-likeness (QED) is 0.686. The number of nitro benzene ring substituents is 1. The van der Waals surface area contributed by atoms with Crippen molar-refractivity contribution in [2.75, 3.05) is 0 Å². The number of nitriles is 1. The summed E-state index contributed by atoms with van der Waals surface area (Å²) in [5, 5.41) is 28.6. The normalized spacial score (nSPS) is 9.86. The Bertz CT molecular complexity index is 768. The molecule has 0 aliphatic heterocycles. The number of hydrogen-bond acceptors (Lipinski definition) is 5. The molecular formula is C14H8N2O4S. The van der Waals surface area contributed by atoms with Gasteiger partial charge in [-0.05, 0) is 30.3 Å². The minimum atomic E-state index is -1.04. The molecule has 0 unspecified atom stereocenters. The van der Waals surface area contributed by atoms with Crippen LogP contribution in [-0.4, -0.2) is 16.0 Å². The van der Waals surface area contributed by atoms with Crippen LogP contribution in [0.2, 0.25) is 0 Å². The summed E-state index contributed by atoms with van der Waals surface area (Å²) in [4.78, 5) is 22.4. The fourth-order valence-corrected chi connectivity index (χ4v) is 2.56. The summed E-state index contributed by atoms with van der Waals surface area (Å²) < 4.78 is 0. The lowest BCUT2D eigenvalue weighted by Gasteiger charge is -2.03. The van der Waals surface area contributed by atoms with E-state index in [9.17, 15) is 14.9 Å².